The molecule has 24 heavy (non-hydrogen) atoms. The molecule has 0 unspecified atom stereocenters. The zero-order valence-corrected chi connectivity index (χ0v) is 14.1. The summed E-state index contributed by atoms with van der Waals surface area (Å²) in [6.07, 6.45) is 4.25. The number of aryl methyl sites for hydroxylation is 1. The van der Waals surface area contributed by atoms with Crippen LogP contribution >= 0.6 is 0 Å². The average molecular weight is 337 g/mol. The lowest BCUT2D eigenvalue weighted by Gasteiger charge is -2.20. The largest absolute Gasteiger partial charge is 0.279 e. The zero-order chi connectivity index (χ0) is 16.6. The van der Waals surface area contributed by atoms with Gasteiger partial charge in [-0.2, -0.15) is 0 Å². The van der Waals surface area contributed by atoms with Gasteiger partial charge in [0.2, 0.25) is 0 Å². The van der Waals surface area contributed by atoms with Crippen LogP contribution < -0.4 is 4.72 Å². The summed E-state index contributed by atoms with van der Waals surface area (Å²) in [6.45, 7) is 0. The van der Waals surface area contributed by atoms with Gasteiger partial charge in [-0.1, -0.05) is 48.5 Å². The molecule has 0 aromatic heterocycles. The fraction of sp³-hybridized carbons (Fsp3) is 0.200. The Morgan fingerprint density at radius 1 is 0.792 bits per heavy atom. The normalized spacial score (nSPS) is 14.3. The van der Waals surface area contributed by atoms with E-state index >= 15 is 0 Å². The number of nitrogens with one attached hydrogen (secondary N) is 1. The summed E-state index contributed by atoms with van der Waals surface area (Å²) in [4.78, 5) is 0.328. The number of hydrogen-bond acceptors (Lipinski definition) is 2. The summed E-state index contributed by atoms with van der Waals surface area (Å²) in [5, 5.41) is 1.67. The van der Waals surface area contributed by atoms with Gasteiger partial charge in [0.05, 0.1) is 10.6 Å². The van der Waals surface area contributed by atoms with E-state index in [1.54, 1.807) is 12.1 Å². The molecule has 0 saturated heterocycles. The summed E-state index contributed by atoms with van der Waals surface area (Å²) in [6, 6.07) is 18.9. The van der Waals surface area contributed by atoms with Crippen LogP contribution in [-0.4, -0.2) is 8.42 Å². The first-order valence-corrected chi connectivity index (χ1v) is 9.75. The predicted molar refractivity (Wildman–Crippen MR) is 97.8 cm³/mol. The Balaban J connectivity index is 1.79. The Labute approximate surface area is 142 Å². The Kier molecular flexibility index (Phi) is 3.77. The third-order valence-corrected chi connectivity index (χ3v) is 6.10. The first-order valence-electron chi connectivity index (χ1n) is 8.26. The SMILES string of the molecule is O=S(=O)(Nc1cccc2c1CCCC2)c1cccc2ccccc12. The molecule has 0 bridgehead atoms. The van der Waals surface area contributed by atoms with Crippen molar-refractivity contribution in [2.75, 3.05) is 4.72 Å². The lowest BCUT2D eigenvalue weighted by Crippen LogP contribution is -2.16. The van der Waals surface area contributed by atoms with Gasteiger partial charge in [0.15, 0.2) is 0 Å². The van der Waals surface area contributed by atoms with Crippen LogP contribution in [0.3, 0.4) is 0 Å². The van der Waals surface area contributed by atoms with E-state index in [-0.39, 0.29) is 0 Å². The molecule has 3 nitrogen and oxygen atoms in total. The minimum atomic E-state index is -3.62. The van der Waals surface area contributed by atoms with Gasteiger partial charge in [0.1, 0.15) is 0 Å². The van der Waals surface area contributed by atoms with E-state index in [2.05, 4.69) is 10.8 Å². The van der Waals surface area contributed by atoms with Crippen LogP contribution in [0.1, 0.15) is 24.0 Å². The fourth-order valence-electron chi connectivity index (χ4n) is 3.51. The van der Waals surface area contributed by atoms with Gasteiger partial charge in [-0.15, -0.1) is 0 Å². The van der Waals surface area contributed by atoms with Crippen LogP contribution in [0.4, 0.5) is 5.69 Å². The monoisotopic (exact) mass is 337 g/mol. The Morgan fingerprint density at radius 2 is 1.54 bits per heavy atom. The number of anilines is 1. The van der Waals surface area contributed by atoms with Crippen molar-refractivity contribution in [3.63, 3.8) is 0 Å². The van der Waals surface area contributed by atoms with Crippen LogP contribution in [0.5, 0.6) is 0 Å². The van der Waals surface area contributed by atoms with Gasteiger partial charge < -0.3 is 0 Å². The maximum absolute atomic E-state index is 13.0. The van der Waals surface area contributed by atoms with Crippen molar-refractivity contribution in [1.82, 2.24) is 0 Å². The van der Waals surface area contributed by atoms with Crippen LogP contribution in [0, 0.1) is 0 Å². The van der Waals surface area contributed by atoms with E-state index in [1.807, 2.05) is 42.5 Å². The second kappa shape index (κ2) is 5.95. The lowest BCUT2D eigenvalue weighted by molar-refractivity contribution is 0.602. The third kappa shape index (κ3) is 2.67. The van der Waals surface area contributed by atoms with Gasteiger partial charge in [0.25, 0.3) is 10.0 Å². The number of sulfonamides is 1. The Bertz CT molecular complexity index is 1000. The van der Waals surface area contributed by atoms with Crippen LogP contribution in [-0.2, 0) is 22.9 Å². The van der Waals surface area contributed by atoms with E-state index in [4.69, 9.17) is 0 Å². The molecule has 0 heterocycles. The molecule has 0 atom stereocenters. The van der Waals surface area contributed by atoms with Gasteiger partial charge in [-0.05, 0) is 54.3 Å². The van der Waals surface area contributed by atoms with Gasteiger partial charge in [-0.3, -0.25) is 4.72 Å². The van der Waals surface area contributed by atoms with Crippen molar-refractivity contribution in [2.24, 2.45) is 0 Å². The van der Waals surface area contributed by atoms with Gasteiger partial charge in [-0.25, -0.2) is 8.42 Å². The van der Waals surface area contributed by atoms with E-state index in [9.17, 15) is 8.42 Å². The molecule has 0 spiro atoms. The van der Waals surface area contributed by atoms with Crippen molar-refractivity contribution < 1.29 is 8.42 Å². The van der Waals surface area contributed by atoms with Gasteiger partial charge in [0, 0.05) is 5.39 Å². The maximum Gasteiger partial charge on any atom is 0.262 e. The van der Waals surface area contributed by atoms with Crippen molar-refractivity contribution in [1.29, 1.82) is 0 Å². The smallest absolute Gasteiger partial charge is 0.262 e. The van der Waals surface area contributed by atoms with Crippen molar-refractivity contribution in [3.05, 3.63) is 71.8 Å². The minimum absolute atomic E-state index is 0.328. The van der Waals surface area contributed by atoms with Gasteiger partial charge >= 0.3 is 0 Å². The minimum Gasteiger partial charge on any atom is -0.279 e. The molecular formula is C20H19NO2S. The molecule has 4 heteroatoms. The summed E-state index contributed by atoms with van der Waals surface area (Å²) in [7, 11) is -3.62. The molecule has 0 amide bonds. The quantitative estimate of drug-likeness (QED) is 0.764. The number of hydrogen-bond donors (Lipinski definition) is 1. The third-order valence-electron chi connectivity index (χ3n) is 4.68. The molecule has 3 aromatic carbocycles. The van der Waals surface area contributed by atoms with E-state index in [1.165, 1.54) is 12.0 Å². The summed E-state index contributed by atoms with van der Waals surface area (Å²) in [5.41, 5.74) is 3.13. The van der Waals surface area contributed by atoms with E-state index in [0.29, 0.717) is 4.90 Å². The van der Waals surface area contributed by atoms with Crippen LogP contribution in [0.15, 0.2) is 65.6 Å². The molecule has 0 radical (unpaired) electrons. The second-order valence-corrected chi connectivity index (χ2v) is 7.88. The predicted octanol–water partition coefficient (Wildman–Crippen LogP) is 4.52. The molecule has 0 fully saturated rings. The molecule has 1 aliphatic rings. The number of fused-ring (bicyclic) bond motifs is 2. The molecule has 0 aliphatic heterocycles. The first-order chi connectivity index (χ1) is 11.6. The summed E-state index contributed by atoms with van der Waals surface area (Å²) < 4.78 is 28.8. The highest BCUT2D eigenvalue weighted by molar-refractivity contribution is 7.93. The molecule has 3 aromatic rings. The molecular weight excluding hydrogens is 318 g/mol. The van der Waals surface area contributed by atoms with Crippen molar-refractivity contribution >= 4 is 26.5 Å². The Morgan fingerprint density at radius 3 is 2.46 bits per heavy atom. The van der Waals surface area contributed by atoms with E-state index < -0.39 is 10.0 Å². The highest BCUT2D eigenvalue weighted by atomic mass is 32.2. The zero-order valence-electron chi connectivity index (χ0n) is 13.3. The Hall–Kier alpha value is -2.33. The fourth-order valence-corrected chi connectivity index (χ4v) is 4.83. The maximum atomic E-state index is 13.0. The molecule has 4 rings (SSSR count). The molecule has 0 saturated carbocycles. The topological polar surface area (TPSA) is 46.2 Å². The molecule has 122 valence electrons. The highest BCUT2D eigenvalue weighted by Gasteiger charge is 2.20. The second-order valence-electron chi connectivity index (χ2n) is 6.23. The number of benzene rings is 3. The van der Waals surface area contributed by atoms with Crippen LogP contribution in [0.25, 0.3) is 10.8 Å². The van der Waals surface area contributed by atoms with Crippen molar-refractivity contribution in [2.45, 2.75) is 30.6 Å². The standard InChI is InChI=1S/C20H19NO2S/c22-24(23,20-14-6-10-16-8-2-4-12-18(16)20)21-19-13-5-9-15-7-1-3-11-17(15)19/h2,4-6,8-10,12-14,21H,1,3,7,11H2. The summed E-state index contributed by atoms with van der Waals surface area (Å²) in [5.74, 6) is 0. The average Bonchev–Trinajstić information content (AvgIpc) is 2.61. The highest BCUT2D eigenvalue weighted by Crippen LogP contribution is 2.31. The molecule has 1 N–H and O–H groups in total. The van der Waals surface area contributed by atoms with Crippen molar-refractivity contribution in [3.8, 4) is 0 Å². The lowest BCUT2D eigenvalue weighted by atomic mass is 9.91. The van der Waals surface area contributed by atoms with E-state index in [0.717, 1.165) is 41.3 Å². The molecule has 1 aliphatic carbocycles. The summed E-state index contributed by atoms with van der Waals surface area (Å²) >= 11 is 0. The number of rotatable bonds is 3. The first kappa shape index (κ1) is 15.2. The van der Waals surface area contributed by atoms with Crippen LogP contribution in [0.2, 0.25) is 0 Å².